The summed E-state index contributed by atoms with van der Waals surface area (Å²) in [5, 5.41) is 2.93. The van der Waals surface area contributed by atoms with Crippen LogP contribution in [0, 0.1) is 0 Å². The minimum Gasteiger partial charge on any atom is -0.349 e. The second-order valence-electron chi connectivity index (χ2n) is 5.41. The predicted octanol–water partition coefficient (Wildman–Crippen LogP) is 2.33. The van der Waals surface area contributed by atoms with E-state index in [0.717, 1.165) is 25.7 Å². The van der Waals surface area contributed by atoms with Gasteiger partial charge in [-0.15, -0.1) is 0 Å². The van der Waals surface area contributed by atoms with Gasteiger partial charge in [0, 0.05) is 12.1 Å². The van der Waals surface area contributed by atoms with Crippen LogP contribution in [0.5, 0.6) is 0 Å². The lowest BCUT2D eigenvalue weighted by Crippen LogP contribution is -2.28. The number of nitrogens with one attached hydrogen (secondary N) is 2. The van der Waals surface area contributed by atoms with Crippen LogP contribution in [0.4, 0.5) is 0 Å². The van der Waals surface area contributed by atoms with E-state index in [1.165, 1.54) is 12.1 Å². The minimum absolute atomic E-state index is 0.0103. The summed E-state index contributed by atoms with van der Waals surface area (Å²) in [5.41, 5.74) is 0.129. The van der Waals surface area contributed by atoms with Crippen LogP contribution in [0.25, 0.3) is 0 Å². The van der Waals surface area contributed by atoms with Gasteiger partial charge in [-0.25, -0.2) is 13.1 Å². The van der Waals surface area contributed by atoms with Crippen LogP contribution in [0.2, 0.25) is 10.0 Å². The maximum Gasteiger partial charge on any atom is 0.253 e. The number of carbonyl (C=O) groups is 1. The summed E-state index contributed by atoms with van der Waals surface area (Å²) in [7, 11) is -3.73. The van der Waals surface area contributed by atoms with E-state index in [2.05, 4.69) is 10.0 Å². The molecule has 0 unspecified atom stereocenters. The Labute approximate surface area is 133 Å². The molecule has 2 fully saturated rings. The fourth-order valence-electron chi connectivity index (χ4n) is 1.88. The minimum atomic E-state index is -3.73. The second kappa shape index (κ2) is 5.43. The van der Waals surface area contributed by atoms with E-state index < -0.39 is 10.0 Å². The molecule has 2 aliphatic rings. The molecule has 5 nitrogen and oxygen atoms in total. The van der Waals surface area contributed by atoms with Crippen LogP contribution < -0.4 is 10.0 Å². The van der Waals surface area contributed by atoms with E-state index >= 15 is 0 Å². The smallest absolute Gasteiger partial charge is 0.253 e. The summed E-state index contributed by atoms with van der Waals surface area (Å²) >= 11 is 12.0. The van der Waals surface area contributed by atoms with Crippen molar-refractivity contribution < 1.29 is 13.2 Å². The molecular formula is C13H14Cl2N2O3S. The fourth-order valence-corrected chi connectivity index (χ4v) is 4.05. The van der Waals surface area contributed by atoms with Crippen LogP contribution in [-0.2, 0) is 10.0 Å². The Balaban J connectivity index is 1.94. The first-order chi connectivity index (χ1) is 9.87. The highest BCUT2D eigenvalue weighted by Gasteiger charge is 2.31. The third-order valence-electron chi connectivity index (χ3n) is 3.37. The second-order valence-corrected chi connectivity index (χ2v) is 7.90. The zero-order valence-corrected chi connectivity index (χ0v) is 13.4. The number of hydrogen-bond acceptors (Lipinski definition) is 3. The average molecular weight is 349 g/mol. The molecule has 114 valence electrons. The van der Waals surface area contributed by atoms with Gasteiger partial charge in [-0.3, -0.25) is 4.79 Å². The molecule has 0 radical (unpaired) electrons. The molecule has 2 aliphatic carbocycles. The monoisotopic (exact) mass is 348 g/mol. The summed E-state index contributed by atoms with van der Waals surface area (Å²) in [5.74, 6) is -0.373. The summed E-state index contributed by atoms with van der Waals surface area (Å²) < 4.78 is 27.0. The van der Waals surface area contributed by atoms with E-state index in [-0.39, 0.29) is 38.5 Å². The molecule has 21 heavy (non-hydrogen) atoms. The first kappa shape index (κ1) is 15.1. The molecule has 0 bridgehead atoms. The Hall–Kier alpha value is -0.820. The number of hydrogen-bond donors (Lipinski definition) is 2. The van der Waals surface area contributed by atoms with Gasteiger partial charge in [-0.05, 0) is 37.8 Å². The standard InChI is InChI=1S/C13H14Cl2N2O3S/c14-10-6-11(15)12(21(19,20)17-8-3-4-8)5-9(10)13(18)16-7-1-2-7/h5-8,17H,1-4H2,(H,16,18). The van der Waals surface area contributed by atoms with E-state index in [1.807, 2.05) is 0 Å². The summed E-state index contributed by atoms with van der Waals surface area (Å²) in [6, 6.07) is 2.67. The van der Waals surface area contributed by atoms with Gasteiger partial charge in [0.1, 0.15) is 4.90 Å². The third kappa shape index (κ3) is 3.51. The quantitative estimate of drug-likeness (QED) is 0.857. The largest absolute Gasteiger partial charge is 0.349 e. The maximum absolute atomic E-state index is 12.3. The lowest BCUT2D eigenvalue weighted by atomic mass is 10.2. The zero-order chi connectivity index (χ0) is 15.2. The molecule has 0 spiro atoms. The average Bonchev–Trinajstić information content (AvgIpc) is 3.25. The van der Waals surface area contributed by atoms with Gasteiger partial charge < -0.3 is 5.32 Å². The van der Waals surface area contributed by atoms with Crippen molar-refractivity contribution in [3.8, 4) is 0 Å². The lowest BCUT2D eigenvalue weighted by molar-refractivity contribution is 0.0951. The highest BCUT2D eigenvalue weighted by Crippen LogP contribution is 2.31. The van der Waals surface area contributed by atoms with Gasteiger partial charge in [0.05, 0.1) is 15.6 Å². The SMILES string of the molecule is O=C(NC1CC1)c1cc(S(=O)(=O)NC2CC2)c(Cl)cc1Cl. The van der Waals surface area contributed by atoms with E-state index in [9.17, 15) is 13.2 Å². The Bertz CT molecular complexity index is 698. The molecule has 0 heterocycles. The molecule has 0 aromatic heterocycles. The number of amides is 1. The molecule has 1 aromatic carbocycles. The number of halogens is 2. The van der Waals surface area contributed by atoms with Crippen molar-refractivity contribution in [2.75, 3.05) is 0 Å². The van der Waals surface area contributed by atoms with Crippen molar-refractivity contribution in [3.63, 3.8) is 0 Å². The van der Waals surface area contributed by atoms with Gasteiger partial charge in [-0.1, -0.05) is 23.2 Å². The molecule has 0 saturated heterocycles. The number of rotatable bonds is 5. The zero-order valence-electron chi connectivity index (χ0n) is 11.0. The van der Waals surface area contributed by atoms with Crippen LogP contribution in [0.3, 0.4) is 0 Å². The molecule has 8 heteroatoms. The highest BCUT2D eigenvalue weighted by atomic mass is 35.5. The van der Waals surface area contributed by atoms with Crippen molar-refractivity contribution in [2.45, 2.75) is 42.7 Å². The van der Waals surface area contributed by atoms with Gasteiger partial charge in [0.25, 0.3) is 5.91 Å². The van der Waals surface area contributed by atoms with Crippen molar-refractivity contribution in [1.29, 1.82) is 0 Å². The first-order valence-electron chi connectivity index (χ1n) is 6.69. The van der Waals surface area contributed by atoms with Crippen LogP contribution in [0.15, 0.2) is 17.0 Å². The predicted molar refractivity (Wildman–Crippen MR) is 80.3 cm³/mol. The summed E-state index contributed by atoms with van der Waals surface area (Å²) in [6.07, 6.45) is 3.51. The normalized spacial score (nSPS) is 18.6. The van der Waals surface area contributed by atoms with Gasteiger partial charge in [0.2, 0.25) is 10.0 Å². The molecule has 2 saturated carbocycles. The molecule has 0 atom stereocenters. The molecular weight excluding hydrogens is 335 g/mol. The Morgan fingerprint density at radius 1 is 1.05 bits per heavy atom. The summed E-state index contributed by atoms with van der Waals surface area (Å²) in [6.45, 7) is 0. The van der Waals surface area contributed by atoms with E-state index in [4.69, 9.17) is 23.2 Å². The fraction of sp³-hybridized carbons (Fsp3) is 0.462. The van der Waals surface area contributed by atoms with Crippen LogP contribution in [-0.4, -0.2) is 26.4 Å². The number of sulfonamides is 1. The maximum atomic E-state index is 12.3. The number of benzene rings is 1. The van der Waals surface area contributed by atoms with Crippen molar-refractivity contribution in [2.24, 2.45) is 0 Å². The van der Waals surface area contributed by atoms with E-state index in [1.54, 1.807) is 0 Å². The first-order valence-corrected chi connectivity index (χ1v) is 8.93. The Morgan fingerprint density at radius 2 is 1.67 bits per heavy atom. The van der Waals surface area contributed by atoms with Gasteiger partial charge >= 0.3 is 0 Å². The molecule has 3 rings (SSSR count). The summed E-state index contributed by atoms with van der Waals surface area (Å²) in [4.78, 5) is 12.0. The Kier molecular flexibility index (Phi) is 3.90. The van der Waals surface area contributed by atoms with Crippen molar-refractivity contribution in [1.82, 2.24) is 10.0 Å². The van der Waals surface area contributed by atoms with Crippen molar-refractivity contribution >= 4 is 39.1 Å². The topological polar surface area (TPSA) is 75.3 Å². The number of carbonyl (C=O) groups excluding carboxylic acids is 1. The van der Waals surface area contributed by atoms with E-state index in [0.29, 0.717) is 0 Å². The molecule has 1 amide bonds. The Morgan fingerprint density at radius 3 is 2.24 bits per heavy atom. The van der Waals surface area contributed by atoms with Crippen LogP contribution in [0.1, 0.15) is 36.0 Å². The van der Waals surface area contributed by atoms with Crippen molar-refractivity contribution in [3.05, 3.63) is 27.7 Å². The molecule has 0 aliphatic heterocycles. The third-order valence-corrected chi connectivity index (χ3v) is 5.67. The van der Waals surface area contributed by atoms with Gasteiger partial charge in [0.15, 0.2) is 0 Å². The van der Waals surface area contributed by atoms with Crippen LogP contribution >= 0.6 is 23.2 Å². The molecule has 2 N–H and O–H groups in total. The lowest BCUT2D eigenvalue weighted by Gasteiger charge is -2.11. The molecule has 1 aromatic rings. The highest BCUT2D eigenvalue weighted by molar-refractivity contribution is 7.89. The van der Waals surface area contributed by atoms with Gasteiger partial charge in [-0.2, -0.15) is 0 Å².